The lowest BCUT2D eigenvalue weighted by molar-refractivity contribution is 0.229. The molecule has 2 heterocycles. The van der Waals surface area contributed by atoms with Crippen LogP contribution in [0.15, 0.2) is 22.7 Å². The first-order chi connectivity index (χ1) is 12.5. The van der Waals surface area contributed by atoms with Crippen molar-refractivity contribution < 1.29 is 4.52 Å². The second kappa shape index (κ2) is 5.51. The van der Waals surface area contributed by atoms with E-state index in [0.717, 1.165) is 49.9 Å². The van der Waals surface area contributed by atoms with Gasteiger partial charge in [0.1, 0.15) is 0 Å². The van der Waals surface area contributed by atoms with Crippen LogP contribution in [0.5, 0.6) is 0 Å². The fraction of sp³-hybridized carbons (Fsp3) is 0.450. The number of hydrogen-bond donors (Lipinski definition) is 1. The van der Waals surface area contributed by atoms with Gasteiger partial charge in [-0.3, -0.25) is 0 Å². The Labute approximate surface area is 152 Å². The highest BCUT2D eigenvalue weighted by Crippen LogP contribution is 2.39. The van der Waals surface area contributed by atoms with Gasteiger partial charge in [0.2, 0.25) is 0 Å². The highest BCUT2D eigenvalue weighted by atomic mass is 16.5. The lowest BCUT2D eigenvalue weighted by atomic mass is 9.77. The van der Waals surface area contributed by atoms with Gasteiger partial charge >= 0.3 is 0 Å². The molecule has 2 N–H and O–H groups in total. The zero-order valence-electron chi connectivity index (χ0n) is 15.2. The van der Waals surface area contributed by atoms with Crippen LogP contribution >= 0.6 is 0 Å². The van der Waals surface area contributed by atoms with Crippen molar-refractivity contribution in [3.05, 3.63) is 46.4 Å². The van der Waals surface area contributed by atoms with Crippen molar-refractivity contribution in [1.82, 2.24) is 19.9 Å². The Hall–Kier alpha value is -2.47. The molecule has 134 valence electrons. The summed E-state index contributed by atoms with van der Waals surface area (Å²) < 4.78 is 7.65. The first-order valence-corrected chi connectivity index (χ1v) is 9.37. The Morgan fingerprint density at radius 2 is 2.00 bits per heavy atom. The van der Waals surface area contributed by atoms with E-state index in [1.165, 1.54) is 22.4 Å². The average molecular weight is 349 g/mol. The van der Waals surface area contributed by atoms with Crippen LogP contribution in [0, 0.1) is 13.8 Å². The van der Waals surface area contributed by atoms with Crippen LogP contribution in [0.2, 0.25) is 0 Å². The summed E-state index contributed by atoms with van der Waals surface area (Å²) in [6.07, 6.45) is 6.12. The molecule has 1 saturated carbocycles. The Morgan fingerprint density at radius 1 is 1.15 bits per heavy atom. The molecule has 0 aliphatic heterocycles. The van der Waals surface area contributed by atoms with E-state index in [0.29, 0.717) is 11.7 Å². The predicted molar refractivity (Wildman–Crippen MR) is 98.1 cm³/mol. The van der Waals surface area contributed by atoms with Crippen molar-refractivity contribution in [2.75, 3.05) is 0 Å². The van der Waals surface area contributed by atoms with Gasteiger partial charge in [0.25, 0.3) is 5.89 Å². The average Bonchev–Trinajstić information content (AvgIpc) is 3.29. The van der Waals surface area contributed by atoms with Crippen LogP contribution in [0.4, 0.5) is 0 Å². The summed E-state index contributed by atoms with van der Waals surface area (Å²) >= 11 is 0. The Kier molecular flexibility index (Phi) is 3.34. The molecule has 0 bridgehead atoms. The van der Waals surface area contributed by atoms with E-state index < -0.39 is 5.54 Å². The van der Waals surface area contributed by atoms with Crippen molar-refractivity contribution in [3.8, 4) is 17.3 Å². The van der Waals surface area contributed by atoms with Crippen LogP contribution in [0.3, 0.4) is 0 Å². The molecular formula is C20H23N5O. The minimum Gasteiger partial charge on any atom is -0.332 e. The minimum absolute atomic E-state index is 0.416. The number of fused-ring (bicyclic) bond motifs is 1. The molecule has 6 heteroatoms. The zero-order chi connectivity index (χ0) is 17.9. The molecule has 0 unspecified atom stereocenters. The van der Waals surface area contributed by atoms with Gasteiger partial charge in [0, 0.05) is 11.3 Å². The molecule has 3 aromatic rings. The molecule has 26 heavy (non-hydrogen) atoms. The van der Waals surface area contributed by atoms with Crippen molar-refractivity contribution >= 4 is 0 Å². The monoisotopic (exact) mass is 349 g/mol. The lowest BCUT2D eigenvalue weighted by Gasteiger charge is -2.34. The van der Waals surface area contributed by atoms with Gasteiger partial charge in [-0.15, -0.1) is 0 Å². The van der Waals surface area contributed by atoms with Gasteiger partial charge in [-0.2, -0.15) is 10.1 Å². The molecule has 2 aromatic heterocycles. The van der Waals surface area contributed by atoms with Crippen LogP contribution in [0.25, 0.3) is 17.3 Å². The Morgan fingerprint density at radius 3 is 2.73 bits per heavy atom. The summed E-state index contributed by atoms with van der Waals surface area (Å²) in [6.45, 7) is 4.24. The third-order valence-electron chi connectivity index (χ3n) is 5.83. The van der Waals surface area contributed by atoms with Gasteiger partial charge in [0.15, 0.2) is 11.5 Å². The molecule has 1 aromatic carbocycles. The summed E-state index contributed by atoms with van der Waals surface area (Å²) in [5.41, 5.74) is 12.8. The number of nitrogens with two attached hydrogens (primary N) is 1. The van der Waals surface area contributed by atoms with E-state index >= 15 is 0 Å². The molecular weight excluding hydrogens is 326 g/mol. The zero-order valence-corrected chi connectivity index (χ0v) is 15.2. The number of nitrogens with zero attached hydrogens (tertiary/aromatic N) is 4. The first kappa shape index (κ1) is 15.8. The van der Waals surface area contributed by atoms with E-state index in [1.807, 2.05) is 0 Å². The van der Waals surface area contributed by atoms with E-state index in [1.54, 1.807) is 0 Å². The number of hydrogen-bond acceptors (Lipinski definition) is 5. The molecule has 6 nitrogen and oxygen atoms in total. The number of aryl methyl sites for hydroxylation is 2. The molecule has 0 saturated heterocycles. The molecule has 2 aliphatic rings. The smallest absolute Gasteiger partial charge is 0.278 e. The second-order valence-electron chi connectivity index (χ2n) is 7.76. The van der Waals surface area contributed by atoms with Gasteiger partial charge in [0.05, 0.1) is 11.2 Å². The van der Waals surface area contributed by atoms with Gasteiger partial charge in [-0.05, 0) is 64.0 Å². The van der Waals surface area contributed by atoms with Crippen molar-refractivity contribution in [2.45, 2.75) is 57.9 Å². The van der Waals surface area contributed by atoms with Crippen LogP contribution in [0.1, 0.15) is 53.9 Å². The molecule has 0 atom stereocenters. The third kappa shape index (κ3) is 2.25. The van der Waals surface area contributed by atoms with E-state index in [9.17, 15) is 0 Å². The summed E-state index contributed by atoms with van der Waals surface area (Å²) in [4.78, 5) is 4.62. The number of benzene rings is 1. The maximum Gasteiger partial charge on any atom is 0.278 e. The molecule has 0 radical (unpaired) electrons. The van der Waals surface area contributed by atoms with Crippen molar-refractivity contribution in [3.63, 3.8) is 0 Å². The SMILES string of the molecule is Cc1ccc(-n2nc(-c3nc(C4(N)CCC4)no3)c3c2CCC3)c(C)c1. The van der Waals surface area contributed by atoms with Crippen molar-refractivity contribution in [2.24, 2.45) is 5.73 Å². The second-order valence-corrected chi connectivity index (χ2v) is 7.76. The summed E-state index contributed by atoms with van der Waals surface area (Å²) in [5.74, 6) is 1.12. The molecule has 2 aliphatic carbocycles. The molecule has 1 fully saturated rings. The van der Waals surface area contributed by atoms with Gasteiger partial charge in [-0.25, -0.2) is 4.68 Å². The molecule has 0 spiro atoms. The van der Waals surface area contributed by atoms with Crippen LogP contribution in [-0.4, -0.2) is 19.9 Å². The fourth-order valence-electron chi connectivity index (χ4n) is 4.15. The summed E-state index contributed by atoms with van der Waals surface area (Å²) in [6, 6.07) is 6.46. The highest BCUT2D eigenvalue weighted by Gasteiger charge is 2.39. The van der Waals surface area contributed by atoms with Gasteiger partial charge < -0.3 is 10.3 Å². The van der Waals surface area contributed by atoms with Crippen LogP contribution < -0.4 is 5.73 Å². The first-order valence-electron chi connectivity index (χ1n) is 9.37. The minimum atomic E-state index is -0.416. The fourth-order valence-corrected chi connectivity index (χ4v) is 4.15. The summed E-state index contributed by atoms with van der Waals surface area (Å²) in [5, 5.41) is 9.04. The quantitative estimate of drug-likeness (QED) is 0.784. The maximum absolute atomic E-state index is 6.35. The largest absolute Gasteiger partial charge is 0.332 e. The third-order valence-corrected chi connectivity index (χ3v) is 5.83. The van der Waals surface area contributed by atoms with E-state index in [-0.39, 0.29) is 0 Å². The number of aromatic nitrogens is 4. The molecule has 0 amide bonds. The predicted octanol–water partition coefficient (Wildman–Crippen LogP) is 3.37. The van der Waals surface area contributed by atoms with Crippen molar-refractivity contribution in [1.29, 1.82) is 0 Å². The van der Waals surface area contributed by atoms with E-state index in [2.05, 4.69) is 46.9 Å². The standard InChI is InChI=1S/C20H23N5O/c1-12-7-8-15(13(2)11-12)25-16-6-3-5-14(16)17(23-25)18-22-19(24-26-18)20(21)9-4-10-20/h7-8,11H,3-6,9-10,21H2,1-2H3. The Bertz CT molecular complexity index is 996. The number of rotatable bonds is 3. The topological polar surface area (TPSA) is 82.8 Å². The summed E-state index contributed by atoms with van der Waals surface area (Å²) in [7, 11) is 0. The lowest BCUT2D eigenvalue weighted by Crippen LogP contribution is -2.44. The normalized spacial score (nSPS) is 18.0. The van der Waals surface area contributed by atoms with Gasteiger partial charge in [-0.1, -0.05) is 22.9 Å². The van der Waals surface area contributed by atoms with Crippen LogP contribution in [-0.2, 0) is 18.4 Å². The molecule has 5 rings (SSSR count). The highest BCUT2D eigenvalue weighted by molar-refractivity contribution is 5.59. The Balaban J connectivity index is 1.61. The maximum atomic E-state index is 6.35. The van der Waals surface area contributed by atoms with E-state index in [4.69, 9.17) is 15.4 Å².